The number of halogens is 2. The number of Topliss-reactive ketones (excluding diaryl/α,β-unsaturated/α-hetero) is 1. The Labute approximate surface area is 409 Å². The molecule has 2 heterocycles. The van der Waals surface area contributed by atoms with Crippen molar-refractivity contribution in [2.24, 2.45) is 28.6 Å². The number of ether oxygens (including phenoxy) is 3. The Morgan fingerprint density at radius 2 is 1.82 bits per heavy atom. The number of benzene rings is 2. The van der Waals surface area contributed by atoms with E-state index in [0.29, 0.717) is 36.1 Å². The van der Waals surface area contributed by atoms with Gasteiger partial charge in [-0.1, -0.05) is 52.6 Å². The fourth-order valence-corrected chi connectivity index (χ4v) is 13.6. The molecule has 2 saturated heterocycles. The van der Waals surface area contributed by atoms with Gasteiger partial charge in [-0.3, -0.25) is 38.5 Å². The van der Waals surface area contributed by atoms with Gasteiger partial charge in [0.15, 0.2) is 35.0 Å². The van der Waals surface area contributed by atoms with E-state index in [-0.39, 0.29) is 79.1 Å². The van der Waals surface area contributed by atoms with Gasteiger partial charge in [0.05, 0.1) is 17.8 Å². The molecule has 364 valence electrons. The molecule has 2 aliphatic heterocycles. The molecule has 4 aliphatic carbocycles. The molecule has 6 aliphatic rings. The highest BCUT2D eigenvalue weighted by atomic mass is 127. The third-order valence-electron chi connectivity index (χ3n) is 15.4. The molecular formula is C49H56FIN4O12S. The van der Waals surface area contributed by atoms with Gasteiger partial charge in [-0.25, -0.2) is 4.39 Å². The minimum Gasteiger partial charge on any atom is -0.486 e. The van der Waals surface area contributed by atoms with Crippen molar-refractivity contribution < 1.29 is 62.4 Å². The number of nitrogens with one attached hydrogen (secondary N) is 3. The molecule has 3 saturated carbocycles. The topological polar surface area (TPSA) is 227 Å². The van der Waals surface area contributed by atoms with Crippen molar-refractivity contribution >= 4 is 76.9 Å². The number of aliphatic hydroxyl groups is 2. The number of amides is 5. The second-order valence-electron chi connectivity index (χ2n) is 19.4. The van der Waals surface area contributed by atoms with Crippen molar-refractivity contribution in [2.45, 2.75) is 121 Å². The summed E-state index contributed by atoms with van der Waals surface area (Å²) in [6, 6.07) is 7.73. The Balaban J connectivity index is 0.888. The number of fused-ring (bicyclic) bond motifs is 7. The van der Waals surface area contributed by atoms with Crippen LogP contribution in [0.15, 0.2) is 60.2 Å². The van der Waals surface area contributed by atoms with Gasteiger partial charge in [-0.15, -0.1) is 0 Å². The van der Waals surface area contributed by atoms with Crippen LogP contribution in [-0.4, -0.2) is 105 Å². The summed E-state index contributed by atoms with van der Waals surface area (Å²) < 4.78 is 35.9. The van der Waals surface area contributed by atoms with E-state index in [4.69, 9.17) is 14.2 Å². The number of imide groups is 1. The maximum absolute atomic E-state index is 16.7. The van der Waals surface area contributed by atoms with Crippen LogP contribution in [0.3, 0.4) is 0 Å². The van der Waals surface area contributed by atoms with Gasteiger partial charge in [-0.2, -0.15) is 0 Å². The summed E-state index contributed by atoms with van der Waals surface area (Å²) in [6.45, 7) is 7.53. The summed E-state index contributed by atoms with van der Waals surface area (Å²) >= 11 is 1.96. The molecule has 0 aromatic heterocycles. The van der Waals surface area contributed by atoms with Crippen LogP contribution >= 0.6 is 30.1 Å². The number of nitrogens with zero attached hydrogens (tertiary/aromatic N) is 1. The Kier molecular flexibility index (Phi) is 14.2. The number of likely N-dealkylation sites (tertiary alicyclic amines) is 1. The Hall–Kier alpha value is -4.54. The Morgan fingerprint density at radius 1 is 1.07 bits per heavy atom. The van der Waals surface area contributed by atoms with E-state index < -0.39 is 88.2 Å². The molecule has 5 fully saturated rings. The third kappa shape index (κ3) is 8.73. The molecule has 16 nitrogen and oxygen atoms in total. The van der Waals surface area contributed by atoms with Crippen LogP contribution in [0.5, 0.6) is 5.75 Å². The molecule has 5 amide bonds. The van der Waals surface area contributed by atoms with Crippen LogP contribution < -0.4 is 20.7 Å². The SMILES string of the molecule is Cc1ccc(OCc2cccc(NC(=O)[C@H](C)NC(=O)[C@H](C)NC(=O)CCN3C(=O)CC(SI)C3=O)c2)c(F)c1[C@@H]1O[C@@H]2C[C@H]3[C@@H]4CCC5=CC(=O)C=C[C@]5(C)[C@H]4[C@@H](O)C[C@]3(C)[C@]2(C(=O)CO)O1. The predicted octanol–water partition coefficient (Wildman–Crippen LogP) is 4.86. The smallest absolute Gasteiger partial charge is 0.246 e. The van der Waals surface area contributed by atoms with E-state index in [9.17, 15) is 43.8 Å². The normalized spacial score (nSPS) is 32.3. The van der Waals surface area contributed by atoms with Gasteiger partial charge < -0.3 is 40.4 Å². The molecule has 2 aromatic carbocycles. The number of rotatable bonds is 15. The van der Waals surface area contributed by atoms with Crippen molar-refractivity contribution in [1.29, 1.82) is 0 Å². The fraction of sp³-hybridized carbons (Fsp3) is 0.531. The minimum absolute atomic E-state index is 0.0402. The van der Waals surface area contributed by atoms with Crippen LogP contribution in [0.1, 0.15) is 89.2 Å². The second-order valence-corrected chi connectivity index (χ2v) is 21.6. The highest BCUT2D eigenvalue weighted by Crippen LogP contribution is 2.70. The zero-order chi connectivity index (χ0) is 49.0. The van der Waals surface area contributed by atoms with Gasteiger partial charge in [0.25, 0.3) is 0 Å². The van der Waals surface area contributed by atoms with E-state index >= 15 is 4.39 Å². The van der Waals surface area contributed by atoms with Crippen LogP contribution in [0.4, 0.5) is 10.1 Å². The van der Waals surface area contributed by atoms with Gasteiger partial charge >= 0.3 is 0 Å². The van der Waals surface area contributed by atoms with Crippen LogP contribution in [0.2, 0.25) is 0 Å². The average molecular weight is 1070 g/mol. The lowest BCUT2D eigenvalue weighted by atomic mass is 9.46. The average Bonchev–Trinajstić information content (AvgIpc) is 3.90. The summed E-state index contributed by atoms with van der Waals surface area (Å²) in [6.07, 6.45) is 3.94. The molecule has 2 aromatic rings. The lowest BCUT2D eigenvalue weighted by Gasteiger charge is -2.59. The molecule has 19 heteroatoms. The number of hydrogen-bond acceptors (Lipinski definition) is 13. The van der Waals surface area contributed by atoms with Gasteiger partial charge in [0.1, 0.15) is 30.5 Å². The number of ketones is 2. The van der Waals surface area contributed by atoms with E-state index in [2.05, 4.69) is 22.9 Å². The molecule has 5 N–H and O–H groups in total. The molecule has 68 heavy (non-hydrogen) atoms. The molecule has 0 bridgehead atoms. The van der Waals surface area contributed by atoms with Crippen molar-refractivity contribution in [3.8, 4) is 5.75 Å². The van der Waals surface area contributed by atoms with Crippen molar-refractivity contribution in [3.05, 3.63) is 82.7 Å². The highest BCUT2D eigenvalue weighted by Gasteiger charge is 2.76. The number of carbonyl (C=O) groups excluding carboxylic acids is 7. The monoisotopic (exact) mass is 1070 g/mol. The summed E-state index contributed by atoms with van der Waals surface area (Å²) in [5.41, 5.74) is -0.736. The lowest BCUT2D eigenvalue weighted by molar-refractivity contribution is -0.201. The van der Waals surface area contributed by atoms with Crippen molar-refractivity contribution in [1.82, 2.24) is 15.5 Å². The number of aryl methyl sites for hydroxylation is 1. The quantitative estimate of drug-likeness (QED) is 0.119. The van der Waals surface area contributed by atoms with E-state index in [1.807, 2.05) is 34.2 Å². The van der Waals surface area contributed by atoms with Crippen molar-refractivity contribution in [2.75, 3.05) is 18.5 Å². The lowest BCUT2D eigenvalue weighted by Crippen LogP contribution is -2.63. The number of hydrogen-bond donors (Lipinski definition) is 5. The van der Waals surface area contributed by atoms with Crippen LogP contribution in [-0.2, 0) is 49.6 Å². The standard InChI is InChI=1S/C49H56FIN4O12S/c1-24-9-12-34(65-23-27-7-6-8-29(17-27)54-44(63)26(3)53-43(62)25(2)52-38(60)14-16-55-39(61)20-35(68-51)45(55)64)42(50)40(24)46-66-37-19-32-31-11-10-28-18-30(57)13-15-47(28,4)41(31)33(58)21-48(32,5)49(37,67-46)36(59)22-56/h6-9,12-13,15,17-18,25-26,31-33,35,37,41,46,56,58H,10-11,14,16,19-23H2,1-5H3,(H,52,60)(H,53,62)(H,54,63)/t25-,26-,31-,32-,33-,35?,37+,41+,46+,47-,48-,49+/m0/s1. The Bertz CT molecular complexity index is 2510. The second kappa shape index (κ2) is 19.3. The maximum atomic E-state index is 16.7. The van der Waals surface area contributed by atoms with E-state index in [1.54, 1.807) is 49.4 Å². The largest absolute Gasteiger partial charge is 0.486 e. The fourth-order valence-electron chi connectivity index (χ4n) is 12.0. The summed E-state index contributed by atoms with van der Waals surface area (Å²) in [5, 5.41) is 29.8. The molecule has 0 spiro atoms. The van der Waals surface area contributed by atoms with Gasteiger partial charge in [0.2, 0.25) is 29.5 Å². The third-order valence-corrected chi connectivity index (χ3v) is 17.8. The van der Waals surface area contributed by atoms with Gasteiger partial charge in [0, 0.05) is 41.8 Å². The first-order valence-electron chi connectivity index (χ1n) is 22.9. The summed E-state index contributed by atoms with van der Waals surface area (Å²) in [5.74, 6) is -4.36. The maximum Gasteiger partial charge on any atom is 0.246 e. The van der Waals surface area contributed by atoms with E-state index in [0.717, 1.165) is 10.5 Å². The minimum atomic E-state index is -1.67. The van der Waals surface area contributed by atoms with Gasteiger partial charge in [-0.05, 0) is 121 Å². The first-order valence-corrected chi connectivity index (χ1v) is 26.3. The number of aliphatic hydroxyl groups excluding tert-OH is 2. The first-order chi connectivity index (χ1) is 32.3. The molecule has 1 unspecified atom stereocenters. The van der Waals surface area contributed by atoms with E-state index in [1.165, 1.54) is 28.8 Å². The summed E-state index contributed by atoms with van der Waals surface area (Å²) in [7, 11) is 1.24. The highest BCUT2D eigenvalue weighted by molar-refractivity contribution is 14.2. The molecule has 12 atom stereocenters. The first kappa shape index (κ1) is 49.9. The number of anilines is 1. The van der Waals surface area contributed by atoms with Crippen molar-refractivity contribution in [3.63, 3.8) is 0 Å². The zero-order valence-corrected chi connectivity index (χ0v) is 41.3. The zero-order valence-electron chi connectivity index (χ0n) is 38.3. The molecular weight excluding hydrogens is 1010 g/mol. The van der Waals surface area contributed by atoms with Crippen LogP contribution in [0.25, 0.3) is 0 Å². The Morgan fingerprint density at radius 3 is 2.54 bits per heavy atom. The molecule has 8 rings (SSSR count). The number of carbonyl (C=O) groups is 7. The number of allylic oxidation sites excluding steroid dienone is 4. The summed E-state index contributed by atoms with van der Waals surface area (Å²) in [4.78, 5) is 90.5. The predicted molar refractivity (Wildman–Crippen MR) is 254 cm³/mol. The molecule has 0 radical (unpaired) electrons. The van der Waals surface area contributed by atoms with Crippen LogP contribution in [0, 0.1) is 41.3 Å².